The van der Waals surface area contributed by atoms with E-state index in [-0.39, 0.29) is 0 Å². The van der Waals surface area contributed by atoms with E-state index in [9.17, 15) is 0 Å². The average molecular weight is 321 g/mol. The van der Waals surface area contributed by atoms with Crippen LogP contribution in [-0.2, 0) is 6.54 Å². The standard InChI is InChI=1S/C15H17BrN2O/c1-3-17-10-13-9-14(6-7-18-13)19-15-5-4-12(16)8-11(15)2/h4-9,17H,3,10H2,1-2H3. The van der Waals surface area contributed by atoms with E-state index in [1.807, 2.05) is 37.3 Å². The molecule has 1 aromatic carbocycles. The molecule has 0 bridgehead atoms. The van der Waals surface area contributed by atoms with Crippen molar-refractivity contribution < 1.29 is 4.74 Å². The van der Waals surface area contributed by atoms with E-state index in [0.717, 1.165) is 40.3 Å². The summed E-state index contributed by atoms with van der Waals surface area (Å²) in [6.07, 6.45) is 1.77. The first-order valence-electron chi connectivity index (χ1n) is 6.28. The lowest BCUT2D eigenvalue weighted by molar-refractivity contribution is 0.476. The predicted octanol–water partition coefficient (Wildman–Crippen LogP) is 4.05. The van der Waals surface area contributed by atoms with Crippen LogP contribution in [0.2, 0.25) is 0 Å². The number of benzene rings is 1. The Morgan fingerprint density at radius 1 is 1.26 bits per heavy atom. The van der Waals surface area contributed by atoms with E-state index in [2.05, 4.69) is 33.2 Å². The number of ether oxygens (including phenoxy) is 1. The van der Waals surface area contributed by atoms with Crippen molar-refractivity contribution in [1.82, 2.24) is 10.3 Å². The summed E-state index contributed by atoms with van der Waals surface area (Å²) < 4.78 is 6.95. The van der Waals surface area contributed by atoms with E-state index >= 15 is 0 Å². The Morgan fingerprint density at radius 2 is 2.11 bits per heavy atom. The van der Waals surface area contributed by atoms with Crippen LogP contribution >= 0.6 is 15.9 Å². The van der Waals surface area contributed by atoms with Gasteiger partial charge in [0, 0.05) is 23.3 Å². The minimum absolute atomic E-state index is 0.757. The minimum Gasteiger partial charge on any atom is -0.457 e. The summed E-state index contributed by atoms with van der Waals surface area (Å²) >= 11 is 3.45. The van der Waals surface area contributed by atoms with Crippen molar-refractivity contribution in [2.24, 2.45) is 0 Å². The molecule has 0 saturated heterocycles. The molecule has 4 heteroatoms. The molecule has 0 radical (unpaired) electrons. The average Bonchev–Trinajstić information content (AvgIpc) is 2.40. The molecule has 1 N–H and O–H groups in total. The van der Waals surface area contributed by atoms with E-state index in [0.29, 0.717) is 0 Å². The summed E-state index contributed by atoms with van der Waals surface area (Å²) in [4.78, 5) is 4.31. The molecule has 3 nitrogen and oxygen atoms in total. The molecule has 0 atom stereocenters. The van der Waals surface area contributed by atoms with Gasteiger partial charge in [-0.1, -0.05) is 22.9 Å². The number of hydrogen-bond donors (Lipinski definition) is 1. The maximum absolute atomic E-state index is 5.90. The van der Waals surface area contributed by atoms with Crippen molar-refractivity contribution >= 4 is 15.9 Å². The van der Waals surface area contributed by atoms with Gasteiger partial charge in [-0.15, -0.1) is 0 Å². The molecule has 0 aliphatic carbocycles. The number of nitrogens with zero attached hydrogens (tertiary/aromatic N) is 1. The first-order chi connectivity index (χ1) is 9.19. The zero-order valence-corrected chi connectivity index (χ0v) is 12.7. The van der Waals surface area contributed by atoms with Crippen LogP contribution < -0.4 is 10.1 Å². The van der Waals surface area contributed by atoms with E-state index in [4.69, 9.17) is 4.74 Å². The Kier molecular flexibility index (Phi) is 4.93. The fraction of sp³-hybridized carbons (Fsp3) is 0.267. The van der Waals surface area contributed by atoms with Gasteiger partial charge in [0.2, 0.25) is 0 Å². The van der Waals surface area contributed by atoms with Crippen LogP contribution in [0.1, 0.15) is 18.2 Å². The number of hydrogen-bond acceptors (Lipinski definition) is 3. The number of aryl methyl sites for hydroxylation is 1. The molecule has 19 heavy (non-hydrogen) atoms. The van der Waals surface area contributed by atoms with E-state index in [1.54, 1.807) is 6.20 Å². The Hall–Kier alpha value is -1.39. The molecule has 100 valence electrons. The summed E-state index contributed by atoms with van der Waals surface area (Å²) in [5, 5.41) is 3.25. The molecule has 0 aliphatic rings. The smallest absolute Gasteiger partial charge is 0.130 e. The largest absolute Gasteiger partial charge is 0.457 e. The van der Waals surface area contributed by atoms with Crippen LogP contribution in [0.5, 0.6) is 11.5 Å². The molecular formula is C15H17BrN2O. The van der Waals surface area contributed by atoms with Crippen LogP contribution in [0.3, 0.4) is 0 Å². The van der Waals surface area contributed by atoms with Crippen molar-refractivity contribution in [2.75, 3.05) is 6.54 Å². The second-order valence-electron chi connectivity index (χ2n) is 4.28. The van der Waals surface area contributed by atoms with Gasteiger partial charge in [-0.25, -0.2) is 0 Å². The highest BCUT2D eigenvalue weighted by Gasteiger charge is 2.03. The Bertz CT molecular complexity index is 558. The van der Waals surface area contributed by atoms with Gasteiger partial charge < -0.3 is 10.1 Å². The third-order valence-corrected chi connectivity index (χ3v) is 3.20. The third kappa shape index (κ3) is 4.04. The Morgan fingerprint density at radius 3 is 2.84 bits per heavy atom. The third-order valence-electron chi connectivity index (χ3n) is 2.71. The lowest BCUT2D eigenvalue weighted by Crippen LogP contribution is -2.12. The molecule has 1 aromatic heterocycles. The highest BCUT2D eigenvalue weighted by molar-refractivity contribution is 9.10. The Labute approximate surface area is 122 Å². The molecule has 0 unspecified atom stereocenters. The summed E-state index contributed by atoms with van der Waals surface area (Å²) in [5.41, 5.74) is 2.08. The first kappa shape index (κ1) is 14.0. The number of nitrogens with one attached hydrogen (secondary N) is 1. The summed E-state index contributed by atoms with van der Waals surface area (Å²) in [6.45, 7) is 5.79. The lowest BCUT2D eigenvalue weighted by atomic mass is 10.2. The normalized spacial score (nSPS) is 10.5. The van der Waals surface area contributed by atoms with Crippen molar-refractivity contribution in [2.45, 2.75) is 20.4 Å². The highest BCUT2D eigenvalue weighted by Crippen LogP contribution is 2.27. The monoisotopic (exact) mass is 320 g/mol. The number of halogens is 1. The molecule has 2 rings (SSSR count). The molecular weight excluding hydrogens is 304 g/mol. The highest BCUT2D eigenvalue weighted by atomic mass is 79.9. The van der Waals surface area contributed by atoms with Gasteiger partial charge in [0.15, 0.2) is 0 Å². The fourth-order valence-electron chi connectivity index (χ4n) is 1.72. The second kappa shape index (κ2) is 6.68. The van der Waals surface area contributed by atoms with Gasteiger partial charge in [-0.05, 0) is 43.3 Å². The molecule has 1 heterocycles. The van der Waals surface area contributed by atoms with Crippen LogP contribution in [0.15, 0.2) is 41.0 Å². The van der Waals surface area contributed by atoms with Crippen LogP contribution in [-0.4, -0.2) is 11.5 Å². The maximum atomic E-state index is 5.90. The molecule has 2 aromatic rings. The number of aromatic nitrogens is 1. The van der Waals surface area contributed by atoms with Gasteiger partial charge in [-0.2, -0.15) is 0 Å². The van der Waals surface area contributed by atoms with Gasteiger partial charge in [0.1, 0.15) is 11.5 Å². The van der Waals surface area contributed by atoms with Crippen LogP contribution in [0, 0.1) is 6.92 Å². The zero-order valence-electron chi connectivity index (χ0n) is 11.1. The van der Waals surface area contributed by atoms with Crippen LogP contribution in [0.4, 0.5) is 0 Å². The molecule has 0 fully saturated rings. The summed E-state index contributed by atoms with van der Waals surface area (Å²) in [5.74, 6) is 1.68. The van der Waals surface area contributed by atoms with Gasteiger partial charge in [-0.3, -0.25) is 4.98 Å². The van der Waals surface area contributed by atoms with E-state index < -0.39 is 0 Å². The first-order valence-corrected chi connectivity index (χ1v) is 7.08. The lowest BCUT2D eigenvalue weighted by Gasteiger charge is -2.10. The quantitative estimate of drug-likeness (QED) is 0.902. The van der Waals surface area contributed by atoms with E-state index in [1.165, 1.54) is 0 Å². The molecule has 0 aliphatic heterocycles. The number of pyridine rings is 1. The molecule has 0 spiro atoms. The van der Waals surface area contributed by atoms with Crippen molar-refractivity contribution in [1.29, 1.82) is 0 Å². The second-order valence-corrected chi connectivity index (χ2v) is 5.19. The maximum Gasteiger partial charge on any atom is 0.130 e. The Balaban J connectivity index is 2.14. The van der Waals surface area contributed by atoms with Gasteiger partial charge >= 0.3 is 0 Å². The van der Waals surface area contributed by atoms with Crippen molar-refractivity contribution in [3.8, 4) is 11.5 Å². The van der Waals surface area contributed by atoms with Gasteiger partial charge in [0.25, 0.3) is 0 Å². The minimum atomic E-state index is 0.757. The fourth-order valence-corrected chi connectivity index (χ4v) is 2.20. The molecule has 0 amide bonds. The topological polar surface area (TPSA) is 34.1 Å². The number of rotatable bonds is 5. The summed E-state index contributed by atoms with van der Waals surface area (Å²) in [7, 11) is 0. The van der Waals surface area contributed by atoms with Crippen molar-refractivity contribution in [3.63, 3.8) is 0 Å². The van der Waals surface area contributed by atoms with Crippen molar-refractivity contribution in [3.05, 3.63) is 52.3 Å². The van der Waals surface area contributed by atoms with Gasteiger partial charge in [0.05, 0.1) is 5.69 Å². The zero-order chi connectivity index (χ0) is 13.7. The molecule has 0 saturated carbocycles. The SMILES string of the molecule is CCNCc1cc(Oc2ccc(Br)cc2C)ccn1. The predicted molar refractivity (Wildman–Crippen MR) is 80.6 cm³/mol. The van der Waals surface area contributed by atoms with Crippen LogP contribution in [0.25, 0.3) is 0 Å². The summed E-state index contributed by atoms with van der Waals surface area (Å²) in [6, 6.07) is 9.81.